The predicted molar refractivity (Wildman–Crippen MR) is 95.8 cm³/mol. The molecule has 3 atom stereocenters. The first-order chi connectivity index (χ1) is 10.6. The van der Waals surface area contributed by atoms with Crippen LogP contribution in [-0.2, 0) is 4.74 Å². The van der Waals surface area contributed by atoms with Crippen molar-refractivity contribution in [3.8, 4) is 0 Å². The molecule has 0 saturated carbocycles. The van der Waals surface area contributed by atoms with E-state index in [1.54, 1.807) is 4.90 Å². The molecule has 0 aromatic rings. The van der Waals surface area contributed by atoms with Gasteiger partial charge in [-0.05, 0) is 67.0 Å². The number of hydrogen-bond donors (Lipinski definition) is 1. The average molecular weight is 328 g/mol. The number of carbonyl (C=O) groups is 1. The lowest BCUT2D eigenvalue weighted by Gasteiger charge is -2.40. The third-order valence-electron chi connectivity index (χ3n) is 4.66. The van der Waals surface area contributed by atoms with E-state index in [2.05, 4.69) is 31.1 Å². The third-order valence-corrected chi connectivity index (χ3v) is 4.66. The van der Waals surface area contributed by atoms with Crippen LogP contribution in [0.2, 0.25) is 0 Å². The smallest absolute Gasteiger partial charge is 0.410 e. The Bertz CT molecular complexity index is 368. The summed E-state index contributed by atoms with van der Waals surface area (Å²) < 4.78 is 5.44. The fourth-order valence-corrected chi connectivity index (χ4v) is 3.09. The molecule has 1 aliphatic heterocycles. The Hall–Kier alpha value is -0.810. The number of piperidine rings is 1. The van der Waals surface area contributed by atoms with Crippen molar-refractivity contribution in [2.24, 2.45) is 5.92 Å². The van der Waals surface area contributed by atoms with E-state index >= 15 is 0 Å². The molecule has 1 rings (SSSR count). The molecule has 0 radical (unpaired) electrons. The summed E-state index contributed by atoms with van der Waals surface area (Å²) in [5.41, 5.74) is -0.428. The number of nitrogens with zero attached hydrogens (tertiary/aromatic N) is 2. The highest BCUT2D eigenvalue weighted by molar-refractivity contribution is 5.68. The van der Waals surface area contributed by atoms with Crippen LogP contribution in [-0.4, -0.2) is 66.8 Å². The number of amides is 1. The van der Waals surface area contributed by atoms with Crippen molar-refractivity contribution in [2.75, 3.05) is 33.2 Å². The number of rotatable bonds is 6. The maximum Gasteiger partial charge on any atom is 0.410 e. The molecule has 1 fully saturated rings. The normalized spacial score (nSPS) is 26.1. The molecule has 1 aliphatic rings. The highest BCUT2D eigenvalue weighted by Gasteiger charge is 2.28. The quantitative estimate of drug-likeness (QED) is 0.762. The predicted octanol–water partition coefficient (Wildman–Crippen LogP) is 2.95. The largest absolute Gasteiger partial charge is 0.444 e. The first-order valence-electron chi connectivity index (χ1n) is 9.05. The summed E-state index contributed by atoms with van der Waals surface area (Å²) in [6, 6.07) is 1.22. The molecule has 5 heteroatoms. The number of carbonyl (C=O) groups excluding carboxylic acids is 1. The summed E-state index contributed by atoms with van der Waals surface area (Å²) in [5.74, 6) is 0.671. The van der Waals surface area contributed by atoms with Crippen molar-refractivity contribution in [3.05, 3.63) is 0 Å². The molecule has 0 aromatic carbocycles. The van der Waals surface area contributed by atoms with Gasteiger partial charge in [0.2, 0.25) is 0 Å². The molecule has 23 heavy (non-hydrogen) atoms. The molecule has 3 unspecified atom stereocenters. The Balaban J connectivity index is 2.31. The van der Waals surface area contributed by atoms with E-state index < -0.39 is 5.60 Å². The van der Waals surface area contributed by atoms with Gasteiger partial charge in [-0.3, -0.25) is 0 Å². The molecular formula is C18H37N3O2. The van der Waals surface area contributed by atoms with Crippen molar-refractivity contribution >= 4 is 6.09 Å². The van der Waals surface area contributed by atoms with E-state index in [4.69, 9.17) is 4.74 Å². The molecule has 1 heterocycles. The van der Waals surface area contributed by atoms with Gasteiger partial charge in [0.25, 0.3) is 0 Å². The van der Waals surface area contributed by atoms with Gasteiger partial charge in [-0.2, -0.15) is 0 Å². The van der Waals surface area contributed by atoms with Gasteiger partial charge >= 0.3 is 6.09 Å². The van der Waals surface area contributed by atoms with Crippen LogP contribution in [0.4, 0.5) is 4.79 Å². The van der Waals surface area contributed by atoms with Crippen molar-refractivity contribution in [1.29, 1.82) is 0 Å². The minimum absolute atomic E-state index is 0.207. The fraction of sp³-hybridized carbons (Fsp3) is 0.944. The second kappa shape index (κ2) is 8.88. The number of likely N-dealkylation sites (tertiary alicyclic amines) is 1. The minimum Gasteiger partial charge on any atom is -0.444 e. The van der Waals surface area contributed by atoms with Crippen LogP contribution in [0.5, 0.6) is 0 Å². The zero-order chi connectivity index (χ0) is 17.6. The first-order valence-corrected chi connectivity index (χ1v) is 9.05. The molecule has 5 nitrogen and oxygen atoms in total. The Morgan fingerprint density at radius 3 is 2.57 bits per heavy atom. The highest BCUT2D eigenvalue weighted by atomic mass is 16.6. The van der Waals surface area contributed by atoms with Gasteiger partial charge in [-0.25, -0.2) is 4.79 Å². The maximum absolute atomic E-state index is 12.1. The molecule has 136 valence electrons. The standard InChI is InChI=1S/C18H37N3O2/c1-8-21(17(22)23-18(4,5)6)11-9-10-19-16-12-15(3)20(7)13-14(16)2/h14-16,19H,8-13H2,1-7H3. The number of nitrogens with one attached hydrogen (secondary N) is 1. The van der Waals surface area contributed by atoms with Crippen molar-refractivity contribution in [3.63, 3.8) is 0 Å². The zero-order valence-corrected chi connectivity index (χ0v) is 16.2. The summed E-state index contributed by atoms with van der Waals surface area (Å²) in [4.78, 5) is 16.3. The monoisotopic (exact) mass is 327 g/mol. The molecule has 0 spiro atoms. The number of ether oxygens (including phenoxy) is 1. The fourth-order valence-electron chi connectivity index (χ4n) is 3.09. The summed E-state index contributed by atoms with van der Waals surface area (Å²) in [6.45, 7) is 15.9. The molecule has 0 bridgehead atoms. The third kappa shape index (κ3) is 7.08. The van der Waals surface area contributed by atoms with E-state index in [-0.39, 0.29) is 6.09 Å². The van der Waals surface area contributed by atoms with Gasteiger partial charge in [-0.1, -0.05) is 6.92 Å². The Labute approximate surface area is 142 Å². The summed E-state index contributed by atoms with van der Waals surface area (Å²) >= 11 is 0. The van der Waals surface area contributed by atoms with Crippen LogP contribution < -0.4 is 5.32 Å². The van der Waals surface area contributed by atoms with Crippen LogP contribution in [0.1, 0.15) is 54.4 Å². The Morgan fingerprint density at radius 2 is 2.00 bits per heavy atom. The van der Waals surface area contributed by atoms with Crippen LogP contribution in [0.25, 0.3) is 0 Å². The van der Waals surface area contributed by atoms with Gasteiger partial charge in [0.15, 0.2) is 0 Å². The Kier molecular flexibility index (Phi) is 7.81. The topological polar surface area (TPSA) is 44.8 Å². The Morgan fingerprint density at radius 1 is 1.35 bits per heavy atom. The second-order valence-electron chi connectivity index (χ2n) is 7.98. The van der Waals surface area contributed by atoms with E-state index in [1.807, 2.05) is 27.7 Å². The summed E-state index contributed by atoms with van der Waals surface area (Å²) in [7, 11) is 2.21. The van der Waals surface area contributed by atoms with E-state index in [0.717, 1.165) is 26.1 Å². The van der Waals surface area contributed by atoms with Crippen LogP contribution in [0.3, 0.4) is 0 Å². The van der Waals surface area contributed by atoms with Gasteiger partial charge in [-0.15, -0.1) is 0 Å². The summed E-state index contributed by atoms with van der Waals surface area (Å²) in [5, 5.41) is 3.68. The van der Waals surface area contributed by atoms with E-state index in [0.29, 0.717) is 24.5 Å². The SMILES string of the molecule is CCN(CCCNC1CC(C)N(C)CC1C)C(=O)OC(C)(C)C. The van der Waals surface area contributed by atoms with Crippen molar-refractivity contribution in [2.45, 2.75) is 72.1 Å². The van der Waals surface area contributed by atoms with Gasteiger partial charge in [0, 0.05) is 31.7 Å². The van der Waals surface area contributed by atoms with Crippen molar-refractivity contribution < 1.29 is 9.53 Å². The van der Waals surface area contributed by atoms with Gasteiger partial charge in [0.05, 0.1) is 0 Å². The molecular weight excluding hydrogens is 290 g/mol. The molecule has 0 aliphatic carbocycles. The lowest BCUT2D eigenvalue weighted by atomic mass is 9.90. The molecule has 1 amide bonds. The van der Waals surface area contributed by atoms with Crippen LogP contribution in [0, 0.1) is 5.92 Å². The second-order valence-corrected chi connectivity index (χ2v) is 7.98. The van der Waals surface area contributed by atoms with Gasteiger partial charge in [0.1, 0.15) is 5.60 Å². The van der Waals surface area contributed by atoms with Gasteiger partial charge < -0.3 is 19.9 Å². The summed E-state index contributed by atoms with van der Waals surface area (Å²) in [6.07, 6.45) is 1.95. The molecule has 0 aromatic heterocycles. The van der Waals surface area contributed by atoms with E-state index in [9.17, 15) is 4.79 Å². The van der Waals surface area contributed by atoms with E-state index in [1.165, 1.54) is 6.42 Å². The lowest BCUT2D eigenvalue weighted by molar-refractivity contribution is 0.0257. The van der Waals surface area contributed by atoms with Crippen LogP contribution >= 0.6 is 0 Å². The average Bonchev–Trinajstić information content (AvgIpc) is 2.42. The first kappa shape index (κ1) is 20.2. The molecule has 1 saturated heterocycles. The van der Waals surface area contributed by atoms with Crippen LogP contribution in [0.15, 0.2) is 0 Å². The van der Waals surface area contributed by atoms with Crippen molar-refractivity contribution in [1.82, 2.24) is 15.1 Å². The zero-order valence-electron chi connectivity index (χ0n) is 16.2. The minimum atomic E-state index is -0.428. The molecule has 1 N–H and O–H groups in total. The lowest BCUT2D eigenvalue weighted by Crippen LogP contribution is -2.51. The maximum atomic E-state index is 12.1. The number of hydrogen-bond acceptors (Lipinski definition) is 4. The highest BCUT2D eigenvalue weighted by Crippen LogP contribution is 2.20.